The number of hydrogen-bond donors (Lipinski definition) is 2. The third-order valence-electron chi connectivity index (χ3n) is 2.82. The summed E-state index contributed by atoms with van der Waals surface area (Å²) in [6, 6.07) is 9.52. The first-order chi connectivity index (χ1) is 7.74. The van der Waals surface area contributed by atoms with Crippen molar-refractivity contribution < 1.29 is 10.2 Å². The second-order valence-electron chi connectivity index (χ2n) is 4.31. The van der Waals surface area contributed by atoms with Gasteiger partial charge in [-0.25, -0.2) is 0 Å². The lowest BCUT2D eigenvalue weighted by Gasteiger charge is -2.15. The van der Waals surface area contributed by atoms with Gasteiger partial charge < -0.3 is 10.2 Å². The Bertz CT molecular complexity index is 271. The Kier molecular flexibility index (Phi) is 6.12. The van der Waals surface area contributed by atoms with Crippen LogP contribution in [0, 0.1) is 0 Å². The highest BCUT2D eigenvalue weighted by atomic mass is 16.3. The van der Waals surface area contributed by atoms with Crippen LogP contribution in [0.25, 0.3) is 0 Å². The Morgan fingerprint density at radius 1 is 1.06 bits per heavy atom. The third-order valence-corrected chi connectivity index (χ3v) is 2.82. The summed E-state index contributed by atoms with van der Waals surface area (Å²) in [5, 5.41) is 19.6. The van der Waals surface area contributed by atoms with E-state index in [0.717, 1.165) is 31.2 Å². The van der Waals surface area contributed by atoms with E-state index < -0.39 is 6.10 Å². The normalized spacial score (nSPS) is 14.7. The van der Waals surface area contributed by atoms with E-state index in [0.29, 0.717) is 6.42 Å². The third kappa shape index (κ3) is 4.77. The highest BCUT2D eigenvalue weighted by Crippen LogP contribution is 2.20. The fourth-order valence-electron chi connectivity index (χ4n) is 1.82. The molecule has 0 aliphatic rings. The summed E-state index contributed by atoms with van der Waals surface area (Å²) in [5.41, 5.74) is 0.886. The van der Waals surface area contributed by atoms with Crippen LogP contribution in [0.2, 0.25) is 0 Å². The molecular formula is C14H22O2. The molecule has 90 valence electrons. The zero-order valence-corrected chi connectivity index (χ0v) is 9.97. The maximum Gasteiger partial charge on any atom is 0.0814 e. The summed E-state index contributed by atoms with van der Waals surface area (Å²) in [7, 11) is 0. The largest absolute Gasteiger partial charge is 0.393 e. The minimum absolute atomic E-state index is 0.387. The maximum absolute atomic E-state index is 9.89. The molecule has 0 aromatic heterocycles. The van der Waals surface area contributed by atoms with Crippen LogP contribution in [0.5, 0.6) is 0 Å². The summed E-state index contributed by atoms with van der Waals surface area (Å²) in [6.07, 6.45) is 3.65. The van der Waals surface area contributed by atoms with E-state index in [1.807, 2.05) is 30.3 Å². The molecule has 16 heavy (non-hydrogen) atoms. The Hall–Kier alpha value is -0.860. The number of benzene rings is 1. The highest BCUT2D eigenvalue weighted by Gasteiger charge is 2.12. The van der Waals surface area contributed by atoms with Crippen LogP contribution >= 0.6 is 0 Å². The first-order valence-electron chi connectivity index (χ1n) is 6.15. The van der Waals surface area contributed by atoms with Crippen molar-refractivity contribution in [2.75, 3.05) is 0 Å². The molecule has 2 N–H and O–H groups in total. The molecule has 0 aliphatic carbocycles. The minimum Gasteiger partial charge on any atom is -0.393 e. The standard InChI is InChI=1S/C14H22O2/c1-2-3-5-10-13(15)11-14(16)12-8-6-4-7-9-12/h4,6-9,13-16H,2-3,5,10-11H2,1H3/t13-,14-/m0/s1. The van der Waals surface area contributed by atoms with Crippen LogP contribution in [0.3, 0.4) is 0 Å². The zero-order valence-electron chi connectivity index (χ0n) is 9.97. The van der Waals surface area contributed by atoms with Crippen LogP contribution in [-0.2, 0) is 0 Å². The van der Waals surface area contributed by atoms with Crippen LogP contribution in [0.1, 0.15) is 50.7 Å². The number of aliphatic hydroxyl groups excluding tert-OH is 2. The molecule has 2 heteroatoms. The van der Waals surface area contributed by atoms with Gasteiger partial charge in [0.25, 0.3) is 0 Å². The van der Waals surface area contributed by atoms with Crippen molar-refractivity contribution in [1.82, 2.24) is 0 Å². The zero-order chi connectivity index (χ0) is 11.8. The van der Waals surface area contributed by atoms with Gasteiger partial charge in [0.15, 0.2) is 0 Å². The van der Waals surface area contributed by atoms with Crippen molar-refractivity contribution in [3.8, 4) is 0 Å². The fraction of sp³-hybridized carbons (Fsp3) is 0.571. The van der Waals surface area contributed by atoms with Crippen LogP contribution in [0.4, 0.5) is 0 Å². The Morgan fingerprint density at radius 3 is 2.38 bits per heavy atom. The van der Waals surface area contributed by atoms with Gasteiger partial charge in [-0.15, -0.1) is 0 Å². The minimum atomic E-state index is -0.544. The molecule has 0 aliphatic heterocycles. The van der Waals surface area contributed by atoms with E-state index in [9.17, 15) is 10.2 Å². The van der Waals surface area contributed by atoms with Crippen molar-refractivity contribution in [3.63, 3.8) is 0 Å². The van der Waals surface area contributed by atoms with Gasteiger partial charge in [-0.2, -0.15) is 0 Å². The van der Waals surface area contributed by atoms with Gasteiger partial charge in [0.1, 0.15) is 0 Å². The quantitative estimate of drug-likeness (QED) is 0.696. The lowest BCUT2D eigenvalue weighted by molar-refractivity contribution is 0.0740. The van der Waals surface area contributed by atoms with E-state index >= 15 is 0 Å². The van der Waals surface area contributed by atoms with Crippen molar-refractivity contribution in [2.24, 2.45) is 0 Å². The predicted molar refractivity (Wildman–Crippen MR) is 66.2 cm³/mol. The first-order valence-corrected chi connectivity index (χ1v) is 6.15. The number of aliphatic hydroxyl groups is 2. The van der Waals surface area contributed by atoms with E-state index in [-0.39, 0.29) is 6.10 Å². The first kappa shape index (κ1) is 13.2. The fourth-order valence-corrected chi connectivity index (χ4v) is 1.82. The van der Waals surface area contributed by atoms with E-state index in [4.69, 9.17) is 0 Å². The predicted octanol–water partition coefficient (Wildman–Crippen LogP) is 3.05. The van der Waals surface area contributed by atoms with Gasteiger partial charge in [0, 0.05) is 6.42 Å². The summed E-state index contributed by atoms with van der Waals surface area (Å²) in [4.78, 5) is 0. The molecule has 0 saturated carbocycles. The second-order valence-corrected chi connectivity index (χ2v) is 4.31. The highest BCUT2D eigenvalue weighted by molar-refractivity contribution is 5.17. The molecule has 1 aromatic rings. The van der Waals surface area contributed by atoms with Gasteiger partial charge >= 0.3 is 0 Å². The lowest BCUT2D eigenvalue weighted by Crippen LogP contribution is -2.12. The maximum atomic E-state index is 9.89. The van der Waals surface area contributed by atoms with Crippen molar-refractivity contribution in [3.05, 3.63) is 35.9 Å². The summed E-state index contributed by atoms with van der Waals surface area (Å²) in [6.45, 7) is 2.14. The molecule has 1 rings (SSSR count). The average Bonchev–Trinajstić information content (AvgIpc) is 2.30. The molecule has 0 amide bonds. The molecule has 0 unspecified atom stereocenters. The van der Waals surface area contributed by atoms with Gasteiger partial charge in [0.2, 0.25) is 0 Å². The SMILES string of the molecule is CCCCC[C@H](O)C[C@H](O)c1ccccc1. The van der Waals surface area contributed by atoms with Crippen LogP contribution in [-0.4, -0.2) is 16.3 Å². The van der Waals surface area contributed by atoms with Crippen molar-refractivity contribution >= 4 is 0 Å². The van der Waals surface area contributed by atoms with Gasteiger partial charge in [-0.05, 0) is 12.0 Å². The number of rotatable bonds is 7. The van der Waals surface area contributed by atoms with Gasteiger partial charge in [-0.3, -0.25) is 0 Å². The molecule has 0 spiro atoms. The molecule has 0 heterocycles. The van der Waals surface area contributed by atoms with Crippen molar-refractivity contribution in [1.29, 1.82) is 0 Å². The Morgan fingerprint density at radius 2 is 1.75 bits per heavy atom. The monoisotopic (exact) mass is 222 g/mol. The molecule has 2 nitrogen and oxygen atoms in total. The Balaban J connectivity index is 2.31. The van der Waals surface area contributed by atoms with E-state index in [1.165, 1.54) is 0 Å². The number of unbranched alkanes of at least 4 members (excludes halogenated alkanes) is 2. The summed E-state index contributed by atoms with van der Waals surface area (Å²) < 4.78 is 0. The topological polar surface area (TPSA) is 40.5 Å². The number of hydrogen-bond acceptors (Lipinski definition) is 2. The molecular weight excluding hydrogens is 200 g/mol. The molecule has 0 radical (unpaired) electrons. The average molecular weight is 222 g/mol. The summed E-state index contributed by atoms with van der Waals surface area (Å²) >= 11 is 0. The smallest absolute Gasteiger partial charge is 0.0814 e. The second kappa shape index (κ2) is 7.42. The van der Waals surface area contributed by atoms with E-state index in [2.05, 4.69) is 6.92 Å². The van der Waals surface area contributed by atoms with Crippen molar-refractivity contribution in [2.45, 2.75) is 51.2 Å². The molecule has 0 fully saturated rings. The van der Waals surface area contributed by atoms with Crippen LogP contribution < -0.4 is 0 Å². The molecule has 2 atom stereocenters. The van der Waals surface area contributed by atoms with E-state index in [1.54, 1.807) is 0 Å². The Labute approximate surface area is 97.9 Å². The molecule has 0 saturated heterocycles. The van der Waals surface area contributed by atoms with Gasteiger partial charge in [0.05, 0.1) is 12.2 Å². The molecule has 1 aromatic carbocycles. The van der Waals surface area contributed by atoms with Crippen LogP contribution in [0.15, 0.2) is 30.3 Å². The molecule has 0 bridgehead atoms. The lowest BCUT2D eigenvalue weighted by atomic mass is 10.0. The van der Waals surface area contributed by atoms with Gasteiger partial charge in [-0.1, -0.05) is 56.5 Å². The summed E-state index contributed by atoms with van der Waals surface area (Å²) in [5.74, 6) is 0.